The van der Waals surface area contributed by atoms with E-state index in [-0.39, 0.29) is 0 Å². The van der Waals surface area contributed by atoms with Crippen molar-refractivity contribution in [3.8, 4) is 34.1 Å². The maximum absolute atomic E-state index is 14.2. The largest absolute Gasteiger partial charge is 0.519 e. The van der Waals surface area contributed by atoms with Crippen LogP contribution in [0.15, 0.2) is 255 Å². The highest BCUT2D eigenvalue weighted by atomic mass is 28.5. The van der Waals surface area contributed by atoms with E-state index in [1.165, 1.54) is 10.4 Å². The molecule has 0 aliphatic heterocycles. The van der Waals surface area contributed by atoms with E-state index in [1.54, 1.807) is 6.07 Å². The Kier molecular flexibility index (Phi) is 25.8. The number of hydrogen-bond acceptors (Lipinski definition) is 12. The fraction of sp³-hybridized carbons (Fsp3) is 0.279. The van der Waals surface area contributed by atoms with Gasteiger partial charge in [0.15, 0.2) is 25.0 Å². The Morgan fingerprint density at radius 3 is 1.17 bits per heavy atom. The molecule has 0 fully saturated rings. The fourth-order valence-corrected chi connectivity index (χ4v) is 51.2. The summed E-state index contributed by atoms with van der Waals surface area (Å²) in [6.45, 7) is 39.0. The summed E-state index contributed by atoms with van der Waals surface area (Å²) < 4.78 is 67.0. The van der Waals surface area contributed by atoms with Gasteiger partial charge in [-0.1, -0.05) is 244 Å². The van der Waals surface area contributed by atoms with E-state index in [0.717, 1.165) is 84.9 Å². The van der Waals surface area contributed by atoms with Crippen LogP contribution in [-0.4, -0.2) is 79.8 Å². The number of carbonyl (C=O) groups excluding carboxylic acids is 2. The highest BCUT2D eigenvalue weighted by Crippen LogP contribution is 2.57. The first-order valence-corrected chi connectivity index (χ1v) is 59.2. The van der Waals surface area contributed by atoms with Gasteiger partial charge in [-0.25, -0.2) is 9.59 Å². The SMILES string of the molecule is CCC[Si](C)(O[Si](C)(C)O[Si](C)(C)C)O[Si](C)(c1ccccc1)c1ccccc1.Cc1ccccc1OC(=O)Oc1cc(C2(c3ccc(C)c(OC(=O)Oc4ccccc4CCC[Si](C)(O[Si](C)(C)C)O[Si](O[Si](C)(C)C)(c4ccccc4)c4ccccc4)c3)c3ccccc3-c3ccccc32)ccc1C. The molecule has 106 heavy (non-hydrogen) atoms. The van der Waals surface area contributed by atoms with Crippen LogP contribution >= 0.6 is 0 Å². The number of benzene rings is 10. The van der Waals surface area contributed by atoms with Crippen LogP contribution in [0.2, 0.25) is 104 Å². The first-order valence-electron chi connectivity index (χ1n) is 36.9. The molecule has 2 atom stereocenters. The zero-order chi connectivity index (χ0) is 76.4. The zero-order valence-electron chi connectivity index (χ0n) is 65.2. The maximum atomic E-state index is 14.2. The Morgan fingerprint density at radius 1 is 0.340 bits per heavy atom. The van der Waals surface area contributed by atoms with Gasteiger partial charge >= 0.3 is 46.6 Å². The zero-order valence-corrected chi connectivity index (χ0v) is 73.2. The Balaban J connectivity index is 0.000000347. The summed E-state index contributed by atoms with van der Waals surface area (Å²) in [5.74, 6) is 1.56. The molecular weight excluding hydrogens is 1450 g/mol. The molecule has 0 amide bonds. The van der Waals surface area contributed by atoms with Crippen molar-refractivity contribution in [1.29, 1.82) is 0 Å². The Bertz CT molecular complexity index is 4500. The first-order chi connectivity index (χ1) is 50.2. The quantitative estimate of drug-likeness (QED) is 0.0263. The monoisotopic (exact) mass is 1550 g/mol. The summed E-state index contributed by atoms with van der Waals surface area (Å²) in [4.78, 5) is 27.6. The van der Waals surface area contributed by atoms with Crippen LogP contribution < -0.4 is 39.7 Å². The van der Waals surface area contributed by atoms with E-state index >= 15 is 0 Å². The maximum Gasteiger partial charge on any atom is 0.519 e. The topological polar surface area (TPSA) is 126 Å². The lowest BCUT2D eigenvalue weighted by Crippen LogP contribution is -2.71. The summed E-state index contributed by atoms with van der Waals surface area (Å²) in [5, 5.41) is 4.69. The summed E-state index contributed by atoms with van der Waals surface area (Å²) in [6.07, 6.45) is 0.679. The molecule has 0 bridgehead atoms. The summed E-state index contributed by atoms with van der Waals surface area (Å²) in [7, 11) is -19.5. The second kappa shape index (κ2) is 33.8. The van der Waals surface area contributed by atoms with Crippen molar-refractivity contribution in [3.63, 3.8) is 0 Å². The van der Waals surface area contributed by atoms with Gasteiger partial charge < -0.3 is 43.6 Å². The van der Waals surface area contributed by atoms with Gasteiger partial charge in [0, 0.05) is 0 Å². The summed E-state index contributed by atoms with van der Waals surface area (Å²) >= 11 is 0. The van der Waals surface area contributed by atoms with Crippen molar-refractivity contribution in [1.82, 2.24) is 0 Å². The lowest BCUT2D eigenvalue weighted by molar-refractivity contribution is 0.150. The smallest absolute Gasteiger partial charge is 0.437 e. The molecule has 1 aliphatic rings. The molecule has 0 N–H and O–H groups in total. The van der Waals surface area contributed by atoms with Crippen LogP contribution in [0.4, 0.5) is 9.59 Å². The molecule has 20 heteroatoms. The number of rotatable bonds is 28. The van der Waals surface area contributed by atoms with Crippen molar-refractivity contribution in [2.24, 2.45) is 0 Å². The molecule has 1 aliphatic carbocycles. The minimum Gasteiger partial charge on any atom is -0.437 e. The molecule has 0 spiro atoms. The number of aryl methyl sites for hydroxylation is 4. The van der Waals surface area contributed by atoms with E-state index < -0.39 is 85.2 Å². The van der Waals surface area contributed by atoms with Gasteiger partial charge in [0.05, 0.1) is 5.41 Å². The number of ether oxygens (including phenoxy) is 4. The normalized spacial score (nSPS) is 14.1. The molecule has 12 nitrogen and oxygen atoms in total. The van der Waals surface area contributed by atoms with Crippen molar-refractivity contribution < 1.29 is 53.2 Å². The Hall–Kier alpha value is -7.76. The molecule has 554 valence electrons. The molecule has 2 unspecified atom stereocenters. The molecule has 0 radical (unpaired) electrons. The fourth-order valence-electron chi connectivity index (χ4n) is 14.7. The number of hydrogen-bond donors (Lipinski definition) is 0. The van der Waals surface area contributed by atoms with Gasteiger partial charge in [-0.2, -0.15) is 0 Å². The minimum atomic E-state index is -3.31. The van der Waals surface area contributed by atoms with E-state index in [9.17, 15) is 9.59 Å². The third-order valence-electron chi connectivity index (χ3n) is 18.5. The highest BCUT2D eigenvalue weighted by molar-refractivity contribution is 7.03. The van der Waals surface area contributed by atoms with Crippen LogP contribution in [0.1, 0.15) is 64.3 Å². The highest BCUT2D eigenvalue weighted by Gasteiger charge is 2.54. The molecule has 11 rings (SSSR count). The predicted molar refractivity (Wildman–Crippen MR) is 451 cm³/mol. The lowest BCUT2D eigenvalue weighted by atomic mass is 9.67. The van der Waals surface area contributed by atoms with Gasteiger partial charge in [-0.05, 0) is 238 Å². The standard InChI is InChI=1S/C64H68O9Si4.C22H38O3Si4/c1-46-26-17-23-37-58(46)67-62(65)69-60-44-50(41-39-47(60)2)64(56-35-21-19-33-54(56)55-34-20-22-36-57(55)64)51-42-40-48(3)61(45-51)70-63(66)68-59-38-24-18-27-49(59)28-25-43-76(10,71-74(4,5)6)73-77(72-75(7,8)9,52-29-13-11-14-30-52)53-31-15-12-16-32-53;1-9-20-28(7,24-27(5,6)23-26(2,3)4)25-29(8,21-16-12-10-13-17-21)22-18-14-11-15-19-22/h11-24,26-27,29-42,44-45H,25,28,43H2,1-10H3;10-19H,9,20H2,1-8H3. The van der Waals surface area contributed by atoms with Crippen molar-refractivity contribution in [3.05, 3.63) is 299 Å². The summed E-state index contributed by atoms with van der Waals surface area (Å²) in [6, 6.07) is 87.5. The van der Waals surface area contributed by atoms with Crippen molar-refractivity contribution >= 4 is 101 Å². The second-order valence-electron chi connectivity index (χ2n) is 31.4. The van der Waals surface area contributed by atoms with Gasteiger partial charge in [0.2, 0.25) is 8.32 Å². The van der Waals surface area contributed by atoms with Gasteiger partial charge in [0.25, 0.3) is 0 Å². The Morgan fingerprint density at radius 2 is 0.717 bits per heavy atom. The van der Waals surface area contributed by atoms with Crippen molar-refractivity contribution in [2.45, 2.75) is 156 Å². The van der Waals surface area contributed by atoms with Crippen LogP contribution in [-0.2, 0) is 36.5 Å². The Labute approximate surface area is 638 Å². The van der Waals surface area contributed by atoms with E-state index in [1.807, 2.05) is 124 Å². The lowest BCUT2D eigenvalue weighted by Gasteiger charge is -2.44. The van der Waals surface area contributed by atoms with E-state index in [2.05, 4.69) is 244 Å². The predicted octanol–water partition coefficient (Wildman–Crippen LogP) is 20.6. The molecule has 10 aromatic carbocycles. The van der Waals surface area contributed by atoms with Crippen LogP contribution in [0.5, 0.6) is 23.0 Å². The second-order valence-corrected chi connectivity index (χ2v) is 62.9. The minimum absolute atomic E-state index is 0.351. The van der Waals surface area contributed by atoms with Crippen molar-refractivity contribution in [2.75, 3.05) is 0 Å². The molecular formula is C86H106O12Si8. The molecule has 0 aromatic heterocycles. The van der Waals surface area contributed by atoms with E-state index in [4.69, 9.17) is 43.6 Å². The number of carbonyl (C=O) groups is 2. The number of fused-ring (bicyclic) bond motifs is 3. The molecule has 0 saturated heterocycles. The third-order valence-corrected chi connectivity index (χ3v) is 48.4. The number of para-hydroxylation sites is 2. The van der Waals surface area contributed by atoms with Gasteiger partial charge in [0.1, 0.15) is 23.0 Å². The summed E-state index contributed by atoms with van der Waals surface area (Å²) in [5.41, 5.74) is 8.15. The average molecular weight is 1560 g/mol. The third kappa shape index (κ3) is 19.9. The molecule has 0 heterocycles. The first kappa shape index (κ1) is 80.8. The van der Waals surface area contributed by atoms with Crippen LogP contribution in [0.25, 0.3) is 11.1 Å². The molecule has 0 saturated carbocycles. The molecule has 10 aromatic rings. The van der Waals surface area contributed by atoms with E-state index in [0.29, 0.717) is 35.5 Å². The average Bonchev–Trinajstić information content (AvgIpc) is 1.53. The van der Waals surface area contributed by atoms with Crippen LogP contribution in [0.3, 0.4) is 0 Å². The van der Waals surface area contributed by atoms with Crippen LogP contribution in [0, 0.1) is 20.8 Å². The van der Waals surface area contributed by atoms with Gasteiger partial charge in [-0.15, -0.1) is 0 Å². The van der Waals surface area contributed by atoms with Gasteiger partial charge in [-0.3, -0.25) is 0 Å².